The van der Waals surface area contributed by atoms with Gasteiger partial charge in [-0.3, -0.25) is 14.4 Å². The topological polar surface area (TPSA) is 259 Å². The second kappa shape index (κ2) is 48.5. The lowest BCUT2D eigenvalue weighted by molar-refractivity contribution is -0.116. The molecule has 0 bridgehead atoms. The lowest BCUT2D eigenvalue weighted by Crippen LogP contribution is -2.34. The van der Waals surface area contributed by atoms with Gasteiger partial charge in [-0.05, 0) is 259 Å². The van der Waals surface area contributed by atoms with Crippen LogP contribution in [-0.2, 0) is 63.5 Å². The Kier molecular flexibility index (Phi) is 37.3. The Morgan fingerprint density at radius 1 is 0.275 bits per heavy atom. The Bertz CT molecular complexity index is 6580. The number of Topliss-reactive ketones (excluding diaryl/α,β-unsaturated/α-hetero) is 1. The normalized spacial score (nSPS) is 11.6. The number of aliphatic hydroxyl groups excluding tert-OH is 3. The molecule has 142 heavy (non-hydrogen) atoms. The molecule has 1 atom stereocenters. The fourth-order valence-electron chi connectivity index (χ4n) is 17.8. The number of nitrogens with zero attached hydrogens (tertiary/aromatic N) is 3. The number of rotatable bonds is 28. The number of hydrogen-bond acceptors (Lipinski definition) is 17. The first-order chi connectivity index (χ1) is 67.7. The van der Waals surface area contributed by atoms with Gasteiger partial charge < -0.3 is 77.7 Å². The maximum atomic E-state index is 15.5. The molecule has 19 nitrogen and oxygen atoms in total. The van der Waals surface area contributed by atoms with Crippen molar-refractivity contribution in [2.24, 2.45) is 0 Å². The zero-order valence-corrected chi connectivity index (χ0v) is 89.4. The monoisotopic (exact) mass is 2000 g/mol. The van der Waals surface area contributed by atoms with Crippen LogP contribution in [0.15, 0.2) is 328 Å². The quantitative estimate of drug-likeness (QED) is 0.0286. The lowest BCUT2D eigenvalue weighted by atomic mass is 10.1. The van der Waals surface area contributed by atoms with Crippen molar-refractivity contribution in [2.75, 3.05) is 88.9 Å². The molecule has 0 aliphatic carbocycles. The van der Waals surface area contributed by atoms with Gasteiger partial charge in [0.15, 0.2) is 35.7 Å². The summed E-state index contributed by atoms with van der Waals surface area (Å²) in [5.74, 6) is 0.459. The first kappa shape index (κ1) is 109. The number of aliphatic hydroxyl groups is 3. The molecule has 736 valence electrons. The van der Waals surface area contributed by atoms with Gasteiger partial charge in [0.2, 0.25) is 11.8 Å². The maximum absolute atomic E-state index is 15.5. The predicted octanol–water partition coefficient (Wildman–Crippen LogP) is 18.2. The van der Waals surface area contributed by atoms with Crippen LogP contribution in [0.2, 0.25) is 0 Å². The van der Waals surface area contributed by atoms with E-state index in [0.717, 1.165) is 115 Å². The van der Waals surface area contributed by atoms with Gasteiger partial charge in [-0.2, -0.15) is 0 Å². The number of hydrogen-bond donors (Lipinski definition) is 5. The highest BCUT2D eigenvalue weighted by atomic mass is 31.2. The number of carbonyl (C=O) groups is 3. The molecule has 24 heteroatoms. The molecule has 0 aliphatic heterocycles. The predicted molar refractivity (Wildman–Crippen MR) is 595 cm³/mol. The van der Waals surface area contributed by atoms with E-state index in [4.69, 9.17) is 14.2 Å². The number of carbonyl (C=O) groups excluding carboxylic acids is 3. The molecule has 0 aliphatic rings. The van der Waals surface area contributed by atoms with E-state index in [1.807, 2.05) is 197 Å². The third-order valence-electron chi connectivity index (χ3n) is 24.6. The van der Waals surface area contributed by atoms with E-state index in [-0.39, 0.29) is 39.9 Å². The number of methoxy groups -OCH3 is 3. The Labute approximate surface area is 838 Å². The van der Waals surface area contributed by atoms with Gasteiger partial charge >= 0.3 is 0 Å². The van der Waals surface area contributed by atoms with Crippen LogP contribution < -0.4 is 119 Å². The maximum Gasteiger partial charge on any atom is 0.221 e. The highest BCUT2D eigenvalue weighted by Gasteiger charge is 2.44. The van der Waals surface area contributed by atoms with Crippen LogP contribution in [0.4, 0.5) is 28.4 Å². The van der Waals surface area contributed by atoms with Crippen molar-refractivity contribution in [1.82, 2.24) is 0 Å². The molecule has 0 saturated heterocycles. The number of nitrogens with one attached hydrogen (secondary N) is 2. The third-order valence-corrected chi connectivity index (χ3v) is 41.0. The Hall–Kier alpha value is -13.3. The van der Waals surface area contributed by atoms with Crippen molar-refractivity contribution < 1.29 is 66.7 Å². The van der Waals surface area contributed by atoms with Gasteiger partial charge in [-0.15, -0.1) is 0 Å². The molecule has 5 N–H and O–H groups in total. The van der Waals surface area contributed by atoms with Crippen LogP contribution in [0.25, 0.3) is 0 Å². The van der Waals surface area contributed by atoms with Crippen LogP contribution in [-0.4, -0.2) is 96.5 Å². The van der Waals surface area contributed by atoms with E-state index >= 15 is 4.57 Å². The van der Waals surface area contributed by atoms with E-state index < -0.39 is 55.5 Å². The van der Waals surface area contributed by atoms with Gasteiger partial charge in [-0.1, -0.05) is 210 Å². The van der Waals surface area contributed by atoms with Crippen molar-refractivity contribution in [1.29, 1.82) is 0 Å². The fourth-order valence-corrected chi connectivity index (χ4v) is 33.7. The molecule has 0 radical (unpaired) electrons. The van der Waals surface area contributed by atoms with Crippen molar-refractivity contribution in [3.8, 4) is 17.2 Å². The van der Waals surface area contributed by atoms with E-state index in [2.05, 4.69) is 140 Å². The second-order valence-corrected chi connectivity index (χ2v) is 49.4. The second-order valence-electron chi connectivity index (χ2n) is 36.0. The molecular formula is C118H130N5O14P5. The van der Waals surface area contributed by atoms with E-state index in [1.165, 1.54) is 47.7 Å². The largest absolute Gasteiger partial charge is 0.496 e. The number of ether oxygens (including phenoxy) is 3. The first-order valence-electron chi connectivity index (χ1n) is 46.6. The summed E-state index contributed by atoms with van der Waals surface area (Å²) in [7, 11) is 0.244. The Morgan fingerprint density at radius 2 is 0.577 bits per heavy atom. The summed E-state index contributed by atoms with van der Waals surface area (Å²) in [5, 5.41) is 46.5. The number of anilines is 5. The molecule has 15 aromatic carbocycles. The SMILES string of the molecule is CC(=O)Cc1cccc(P(=O)(c2cccc(NC(C)=O)c2)c2cccc(NC(C)=O)c2)c1.CN(C)c1ccc(P(=O)(c2ccc(N(C)C)cc2)c2ccc(N(C)C)cc2)cc1.COc1cccc(CO)c1P(=O)(c1c(CO)cccc1CO)c1c(OC)cccc1OC.Cc1cc(C)c(P(=O)(c2ccccc2)c2ccccc2)c(C)c1.Cc1ccc(C)c(P(=O)(c2cc(C)ccc2C)c2cc(C)ccc2C)c1. The van der Waals surface area contributed by atoms with Gasteiger partial charge in [-0.25, -0.2) is 0 Å². The summed E-state index contributed by atoms with van der Waals surface area (Å²) in [6.45, 7) is 21.7. The number of benzene rings is 15. The summed E-state index contributed by atoms with van der Waals surface area (Å²) in [4.78, 5) is 40.9. The van der Waals surface area contributed by atoms with Gasteiger partial charge in [0.05, 0.1) is 46.5 Å². The fraction of sp³-hybridized carbons (Fsp3) is 0.212. The molecular weight excluding hydrogens is 1870 g/mol. The summed E-state index contributed by atoms with van der Waals surface area (Å²) >= 11 is 0. The van der Waals surface area contributed by atoms with Gasteiger partial charge in [0, 0.05) is 160 Å². The minimum absolute atomic E-state index is 0.0114. The number of aryl methyl sites for hydroxylation is 9. The molecule has 15 aromatic rings. The van der Waals surface area contributed by atoms with Gasteiger partial charge in [0.1, 0.15) is 28.3 Å². The van der Waals surface area contributed by atoms with Crippen molar-refractivity contribution in [2.45, 2.75) is 109 Å². The highest BCUT2D eigenvalue weighted by Crippen LogP contribution is 2.54. The first-order valence-corrected chi connectivity index (χ1v) is 55.2. The molecule has 0 aromatic heterocycles. The lowest BCUT2D eigenvalue weighted by Gasteiger charge is -2.29. The molecule has 2 amide bonds. The molecule has 0 heterocycles. The summed E-state index contributed by atoms with van der Waals surface area (Å²) in [6.07, 6.45) is 0.242. The van der Waals surface area contributed by atoms with Crippen LogP contribution in [0.3, 0.4) is 0 Å². The minimum atomic E-state index is -3.96. The van der Waals surface area contributed by atoms with Crippen molar-refractivity contribution >= 4 is 161 Å². The average molecular weight is 2000 g/mol. The summed E-state index contributed by atoms with van der Waals surface area (Å²) in [5.41, 5.74) is 16.3. The van der Waals surface area contributed by atoms with Gasteiger partial charge in [0.25, 0.3) is 0 Å². The van der Waals surface area contributed by atoms with E-state index in [9.17, 15) is 48.0 Å². The number of amides is 2. The zero-order chi connectivity index (χ0) is 103. The standard InChI is InChI=1S/C25H25N2O4P.C24H30N3OP.C24H27O7P.C24H27OP.C21H21OP/c1-17(28)13-20-7-4-10-23(14-20)32(31,24-11-5-8-21(15-24)26-18(2)29)25-12-6-9-22(16-25)27-19(3)30;1-25(2)19-7-13-22(14-8-19)29(28,23-15-9-20(10-16-23)26(3)4)24-17-11-21(12-18-24)27(5)6;1-29-19-10-5-9-18(15-27)23(19)32(28,22-16(13-25)7-4-8-17(22)14-26)24-20(30-2)11-6-12-21(24)31-3;1-16-7-10-19(4)22(13-16)26(25,23-14-17(2)8-11-20(23)5)24-15-18(3)9-12-21(24)6;1-16-14-17(2)21(18(3)15-16)23(22,19-10-6-4-7-11-19)20-12-8-5-9-13-20/h4-12,14-16H,13H2,1-3H3,(H,26,29)(H,27,30);7-18H,1-6H3;4-12,25-27H,13-15H2,1-3H3;7-15H,1-6H3;4-15H,1-3H3. The van der Waals surface area contributed by atoms with E-state index in [1.54, 1.807) is 121 Å². The van der Waals surface area contributed by atoms with Crippen LogP contribution in [0.5, 0.6) is 17.2 Å². The molecule has 0 fully saturated rings. The minimum Gasteiger partial charge on any atom is -0.496 e. The molecule has 1 unspecified atom stereocenters. The smallest absolute Gasteiger partial charge is 0.221 e. The molecule has 0 spiro atoms. The Morgan fingerprint density at radius 3 is 0.915 bits per heavy atom. The average Bonchev–Trinajstić information content (AvgIpc) is 0.694. The Balaban J connectivity index is 0.000000170. The molecule has 15 rings (SSSR count). The van der Waals surface area contributed by atoms with E-state index in [0.29, 0.717) is 61.2 Å². The van der Waals surface area contributed by atoms with Crippen LogP contribution in [0, 0.1) is 62.3 Å². The summed E-state index contributed by atoms with van der Waals surface area (Å²) < 4.78 is 91.0. The van der Waals surface area contributed by atoms with Crippen LogP contribution in [0.1, 0.15) is 93.1 Å². The third kappa shape index (κ3) is 24.5. The zero-order valence-electron chi connectivity index (χ0n) is 84.9. The van der Waals surface area contributed by atoms with Crippen LogP contribution >= 0.6 is 35.7 Å². The van der Waals surface area contributed by atoms with Crippen molar-refractivity contribution in [3.05, 3.63) is 400 Å². The molecule has 0 saturated carbocycles. The summed E-state index contributed by atoms with van der Waals surface area (Å²) in [6, 6.07) is 103. The highest BCUT2D eigenvalue weighted by molar-refractivity contribution is 7.87. The van der Waals surface area contributed by atoms with Crippen molar-refractivity contribution in [3.63, 3.8) is 0 Å². The number of ketones is 1.